The van der Waals surface area contributed by atoms with Crippen molar-refractivity contribution in [3.05, 3.63) is 82.5 Å². The Morgan fingerprint density at radius 3 is 1.60 bits per heavy atom. The van der Waals surface area contributed by atoms with Crippen LogP contribution in [0.3, 0.4) is 0 Å². The summed E-state index contributed by atoms with van der Waals surface area (Å²) in [6.07, 6.45) is 3.54. The highest BCUT2D eigenvalue weighted by atomic mass is 16.5. The standard InChI is InChI=1S/C35H38N12O6/c1-18-10-20(3)46(42-18)16-28(49)40-34-38-24-12-22(32(36)51)14-26(48)30(24)44(34)8-6-7-9-45-31-25(13-23(33(37)52)15-27(31)53-5)39-35(45)41-29(50)17-47-21(4)11-19(2)43-47/h6-7,10-15,48H,8-9,16-17H2,1-5H3,(H2,36,51)(H2,37,52)(H,38,40,49)(H,39,41,50)/b7-6+. The predicted octanol–water partition coefficient (Wildman–Crippen LogP) is 2.46. The van der Waals surface area contributed by atoms with Crippen LogP contribution in [0.1, 0.15) is 43.5 Å². The number of hydrogen-bond donors (Lipinski definition) is 5. The van der Waals surface area contributed by atoms with E-state index in [0.29, 0.717) is 16.8 Å². The van der Waals surface area contributed by atoms with Gasteiger partial charge in [-0.3, -0.25) is 39.2 Å². The molecular formula is C35H38N12O6. The number of hydrogen-bond acceptors (Lipinski definition) is 10. The number of rotatable bonds is 13. The first-order chi connectivity index (χ1) is 25.2. The minimum absolute atomic E-state index is 0.0450. The molecule has 18 heteroatoms. The second-order valence-electron chi connectivity index (χ2n) is 12.5. The van der Waals surface area contributed by atoms with Gasteiger partial charge < -0.3 is 30.4 Å². The van der Waals surface area contributed by atoms with Gasteiger partial charge in [0.25, 0.3) is 0 Å². The molecule has 0 fully saturated rings. The normalized spacial score (nSPS) is 11.5. The first-order valence-electron chi connectivity index (χ1n) is 16.4. The van der Waals surface area contributed by atoms with E-state index in [1.54, 1.807) is 30.6 Å². The van der Waals surface area contributed by atoms with Crippen LogP contribution < -0.4 is 26.8 Å². The van der Waals surface area contributed by atoms with Gasteiger partial charge in [-0.1, -0.05) is 12.2 Å². The van der Waals surface area contributed by atoms with Gasteiger partial charge in [0.15, 0.2) is 0 Å². The lowest BCUT2D eigenvalue weighted by Gasteiger charge is -2.12. The molecule has 6 aromatic rings. The lowest BCUT2D eigenvalue weighted by Crippen LogP contribution is -2.22. The Hall–Kier alpha value is -6.98. The zero-order valence-electron chi connectivity index (χ0n) is 29.7. The number of anilines is 2. The zero-order chi connectivity index (χ0) is 38.1. The smallest absolute Gasteiger partial charge is 0.248 e. The number of carbonyl (C=O) groups excluding carboxylic acids is 4. The second kappa shape index (κ2) is 14.3. The molecule has 0 saturated heterocycles. The van der Waals surface area contributed by atoms with Gasteiger partial charge >= 0.3 is 0 Å². The van der Waals surface area contributed by atoms with Crippen molar-refractivity contribution >= 4 is 57.6 Å². The number of amides is 4. The lowest BCUT2D eigenvalue weighted by molar-refractivity contribution is -0.117. The summed E-state index contributed by atoms with van der Waals surface area (Å²) < 4.78 is 12.0. The molecule has 6 rings (SSSR count). The summed E-state index contributed by atoms with van der Waals surface area (Å²) in [5.41, 5.74) is 15.7. The second-order valence-corrected chi connectivity index (χ2v) is 12.5. The number of allylic oxidation sites excluding steroid dienone is 2. The maximum atomic E-state index is 13.2. The molecule has 2 aromatic carbocycles. The summed E-state index contributed by atoms with van der Waals surface area (Å²) in [7, 11) is 1.44. The Kier molecular flexibility index (Phi) is 9.69. The largest absolute Gasteiger partial charge is 0.506 e. The fourth-order valence-electron chi connectivity index (χ4n) is 6.09. The van der Waals surface area contributed by atoms with E-state index in [-0.39, 0.29) is 71.9 Å². The highest BCUT2D eigenvalue weighted by molar-refractivity contribution is 6.01. The first-order valence-corrected chi connectivity index (χ1v) is 16.4. The number of aromatic nitrogens is 8. The van der Waals surface area contributed by atoms with Gasteiger partial charge in [0.05, 0.1) is 29.5 Å². The molecule has 53 heavy (non-hydrogen) atoms. The van der Waals surface area contributed by atoms with E-state index in [0.717, 1.165) is 22.8 Å². The number of nitrogens with two attached hydrogens (primary N) is 2. The van der Waals surface area contributed by atoms with Crippen LogP contribution in [0.25, 0.3) is 22.1 Å². The van der Waals surface area contributed by atoms with E-state index in [9.17, 15) is 24.3 Å². The number of methoxy groups -OCH3 is 1. The number of aromatic hydroxyl groups is 1. The summed E-state index contributed by atoms with van der Waals surface area (Å²) in [6.45, 7) is 7.46. The van der Waals surface area contributed by atoms with E-state index in [1.807, 2.05) is 39.8 Å². The van der Waals surface area contributed by atoms with Crippen LogP contribution in [0.5, 0.6) is 11.5 Å². The number of fused-ring (bicyclic) bond motifs is 2. The number of phenols is 1. The fourth-order valence-corrected chi connectivity index (χ4v) is 6.09. The number of nitrogens with one attached hydrogen (secondary N) is 2. The van der Waals surface area contributed by atoms with Crippen molar-refractivity contribution in [2.75, 3.05) is 17.7 Å². The summed E-state index contributed by atoms with van der Waals surface area (Å²) >= 11 is 0. The van der Waals surface area contributed by atoms with Crippen LogP contribution in [0.2, 0.25) is 0 Å². The van der Waals surface area contributed by atoms with Crippen molar-refractivity contribution in [1.82, 2.24) is 38.7 Å². The Balaban J connectivity index is 1.33. The molecular weight excluding hydrogens is 684 g/mol. The minimum atomic E-state index is -0.754. The zero-order valence-corrected chi connectivity index (χ0v) is 29.7. The Morgan fingerprint density at radius 2 is 1.17 bits per heavy atom. The van der Waals surface area contributed by atoms with Crippen LogP contribution in [-0.2, 0) is 35.8 Å². The molecule has 0 radical (unpaired) electrons. The number of primary amides is 2. The van der Waals surface area contributed by atoms with E-state index < -0.39 is 17.7 Å². The monoisotopic (exact) mass is 722 g/mol. The molecule has 4 heterocycles. The number of nitrogens with zero attached hydrogens (tertiary/aromatic N) is 8. The summed E-state index contributed by atoms with van der Waals surface area (Å²) in [5, 5.41) is 25.3. The Labute approximate surface area is 302 Å². The van der Waals surface area contributed by atoms with E-state index in [2.05, 4.69) is 30.8 Å². The molecule has 7 N–H and O–H groups in total. The van der Waals surface area contributed by atoms with Crippen molar-refractivity contribution in [1.29, 1.82) is 0 Å². The fraction of sp³-hybridized carbons (Fsp3) is 0.257. The Bertz CT molecular complexity index is 2470. The van der Waals surface area contributed by atoms with Gasteiger partial charge in [0.1, 0.15) is 35.6 Å². The summed E-state index contributed by atoms with van der Waals surface area (Å²) in [5.74, 6) is -1.90. The van der Waals surface area contributed by atoms with Crippen LogP contribution in [0.4, 0.5) is 11.9 Å². The third-order valence-corrected chi connectivity index (χ3v) is 8.46. The number of phenolic OH excluding ortho intramolecular Hbond substituents is 1. The minimum Gasteiger partial charge on any atom is -0.506 e. The molecule has 4 amide bonds. The summed E-state index contributed by atoms with van der Waals surface area (Å²) in [4.78, 5) is 59.5. The molecule has 274 valence electrons. The van der Waals surface area contributed by atoms with Gasteiger partial charge in [-0.05, 0) is 64.1 Å². The Morgan fingerprint density at radius 1 is 0.717 bits per heavy atom. The van der Waals surface area contributed by atoms with Crippen LogP contribution >= 0.6 is 0 Å². The SMILES string of the molecule is COc1cc(C(N)=O)cc2nc(NC(=O)Cn3nc(C)cc3C)n(C/C=C/Cn3c(NC(=O)Cn4nc(C)cc4C)nc4cc(C(N)=O)cc(O)c43)c12. The number of benzene rings is 2. The predicted molar refractivity (Wildman–Crippen MR) is 195 cm³/mol. The van der Waals surface area contributed by atoms with Gasteiger partial charge in [-0.25, -0.2) is 9.97 Å². The van der Waals surface area contributed by atoms with Crippen molar-refractivity contribution in [2.45, 2.75) is 53.9 Å². The van der Waals surface area contributed by atoms with Crippen molar-refractivity contribution in [3.8, 4) is 11.5 Å². The highest BCUT2D eigenvalue weighted by Crippen LogP contribution is 2.32. The molecule has 0 saturated carbocycles. The molecule has 0 unspecified atom stereocenters. The number of aryl methyl sites for hydroxylation is 4. The van der Waals surface area contributed by atoms with E-state index >= 15 is 0 Å². The number of carbonyl (C=O) groups is 4. The van der Waals surface area contributed by atoms with E-state index in [4.69, 9.17) is 16.2 Å². The van der Waals surface area contributed by atoms with Gasteiger partial charge in [0.2, 0.25) is 35.5 Å². The molecule has 18 nitrogen and oxygen atoms in total. The van der Waals surface area contributed by atoms with Crippen molar-refractivity contribution in [3.63, 3.8) is 0 Å². The maximum Gasteiger partial charge on any atom is 0.248 e. The molecule has 0 atom stereocenters. The average molecular weight is 723 g/mol. The van der Waals surface area contributed by atoms with Gasteiger partial charge in [0, 0.05) is 35.6 Å². The molecule has 0 spiro atoms. The van der Waals surface area contributed by atoms with E-state index in [1.165, 1.54) is 31.4 Å². The molecule has 4 aromatic heterocycles. The van der Waals surface area contributed by atoms with Gasteiger partial charge in [-0.2, -0.15) is 10.2 Å². The topological polar surface area (TPSA) is 245 Å². The molecule has 0 aliphatic carbocycles. The third-order valence-electron chi connectivity index (χ3n) is 8.46. The number of ether oxygens (including phenoxy) is 1. The van der Waals surface area contributed by atoms with Crippen LogP contribution in [-0.4, -0.2) is 74.5 Å². The van der Waals surface area contributed by atoms with Crippen LogP contribution in [0.15, 0.2) is 48.6 Å². The number of imidazole rings is 2. The van der Waals surface area contributed by atoms with Crippen LogP contribution in [0, 0.1) is 27.7 Å². The van der Waals surface area contributed by atoms with Crippen molar-refractivity contribution < 1.29 is 29.0 Å². The molecule has 0 bridgehead atoms. The van der Waals surface area contributed by atoms with Crippen molar-refractivity contribution in [2.24, 2.45) is 11.5 Å². The maximum absolute atomic E-state index is 13.2. The molecule has 0 aliphatic rings. The van der Waals surface area contributed by atoms with Gasteiger partial charge in [-0.15, -0.1) is 0 Å². The average Bonchev–Trinajstić information content (AvgIpc) is 3.80. The first kappa shape index (κ1) is 35.8. The lowest BCUT2D eigenvalue weighted by atomic mass is 10.1. The third kappa shape index (κ3) is 7.41. The highest BCUT2D eigenvalue weighted by Gasteiger charge is 2.21. The quantitative estimate of drug-likeness (QED) is 0.109. The summed E-state index contributed by atoms with van der Waals surface area (Å²) in [6, 6.07) is 9.39. The molecule has 0 aliphatic heterocycles.